The van der Waals surface area contributed by atoms with Crippen LogP contribution in [0.25, 0.3) is 0 Å². The minimum Gasteiger partial charge on any atom is -0.339 e. The summed E-state index contributed by atoms with van der Waals surface area (Å²) >= 11 is 23.0. The average Bonchev–Trinajstić information content (AvgIpc) is 2.43. The molecule has 4 nitrogen and oxygen atoms in total. The molecule has 0 fully saturated rings. The number of hydrogen-bond acceptors (Lipinski definition) is 2. The number of aryl methyl sites for hydroxylation is 1. The van der Waals surface area contributed by atoms with E-state index >= 15 is 0 Å². The van der Waals surface area contributed by atoms with Crippen LogP contribution in [0.15, 0.2) is 24.3 Å². The van der Waals surface area contributed by atoms with Crippen molar-refractivity contribution in [1.82, 2.24) is 10.6 Å². The zero-order valence-corrected chi connectivity index (χ0v) is 16.0. The molecule has 0 radical (unpaired) electrons. The molecule has 0 saturated heterocycles. The second-order valence-corrected chi connectivity index (χ2v) is 7.89. The lowest BCUT2D eigenvalue weighted by Gasteiger charge is -2.27. The Morgan fingerprint density at radius 2 is 2.00 bits per heavy atom. The number of carbonyl (C=O) groups is 1. The van der Waals surface area contributed by atoms with E-state index in [1.165, 1.54) is 0 Å². The number of nitrogens with one attached hydrogen (secondary N) is 3. The first kappa shape index (κ1) is 20.3. The highest BCUT2D eigenvalue weighted by atomic mass is 35.6. The lowest BCUT2D eigenvalue weighted by molar-refractivity contribution is -0.122. The minimum atomic E-state index is -1.74. The van der Waals surface area contributed by atoms with E-state index < -0.39 is 9.96 Å². The Hall–Kier alpha value is -0.750. The summed E-state index contributed by atoms with van der Waals surface area (Å²) in [5.74, 6) is -0.200. The van der Waals surface area contributed by atoms with Crippen LogP contribution in [0.1, 0.15) is 31.7 Å². The molecule has 1 unspecified atom stereocenters. The number of anilines is 1. The molecule has 0 saturated carbocycles. The maximum Gasteiger partial charge on any atom is 0.228 e. The molecule has 3 N–H and O–H groups in total. The summed E-state index contributed by atoms with van der Waals surface area (Å²) in [7, 11) is 0. The van der Waals surface area contributed by atoms with Crippen molar-refractivity contribution < 1.29 is 4.79 Å². The van der Waals surface area contributed by atoms with Crippen LogP contribution >= 0.6 is 47.0 Å². The Balaban J connectivity index is 2.66. The van der Waals surface area contributed by atoms with E-state index in [2.05, 4.69) is 16.0 Å². The van der Waals surface area contributed by atoms with Crippen molar-refractivity contribution >= 4 is 63.7 Å². The third-order valence-corrected chi connectivity index (χ3v) is 3.82. The molecule has 1 aromatic rings. The number of hydrogen-bond donors (Lipinski definition) is 3. The van der Waals surface area contributed by atoms with Crippen molar-refractivity contribution in [3.05, 3.63) is 29.8 Å². The van der Waals surface area contributed by atoms with Crippen molar-refractivity contribution in [2.45, 2.75) is 43.1 Å². The number of amides is 1. The van der Waals surface area contributed by atoms with Gasteiger partial charge in [-0.2, -0.15) is 0 Å². The molecule has 1 amide bonds. The molecule has 1 rings (SSSR count). The second-order valence-electron chi connectivity index (χ2n) is 5.11. The smallest absolute Gasteiger partial charge is 0.228 e. The van der Waals surface area contributed by atoms with Gasteiger partial charge in [0.1, 0.15) is 6.17 Å². The van der Waals surface area contributed by atoms with Crippen LogP contribution in [0.5, 0.6) is 0 Å². The highest BCUT2D eigenvalue weighted by Crippen LogP contribution is 2.29. The van der Waals surface area contributed by atoms with Crippen molar-refractivity contribution in [3.8, 4) is 0 Å². The SMILES string of the molecule is CCCCC(=O)NC(NC(=S)Nc1cccc(C)c1)C(Cl)(Cl)Cl. The summed E-state index contributed by atoms with van der Waals surface area (Å²) in [5, 5.41) is 8.72. The molecular formula is C15H20Cl3N3OS. The number of carbonyl (C=O) groups excluding carboxylic acids is 1. The summed E-state index contributed by atoms with van der Waals surface area (Å²) in [5.41, 5.74) is 1.89. The molecule has 0 spiro atoms. The minimum absolute atomic E-state index is 0.200. The molecule has 1 atom stereocenters. The molecule has 23 heavy (non-hydrogen) atoms. The number of thiocarbonyl (C=S) groups is 1. The van der Waals surface area contributed by atoms with Crippen LogP contribution in [0.3, 0.4) is 0 Å². The quantitative estimate of drug-likeness (QED) is 0.381. The van der Waals surface area contributed by atoms with Crippen molar-refractivity contribution in [2.24, 2.45) is 0 Å². The van der Waals surface area contributed by atoms with Crippen molar-refractivity contribution in [2.75, 3.05) is 5.32 Å². The van der Waals surface area contributed by atoms with Crippen LogP contribution in [-0.4, -0.2) is 21.0 Å². The highest BCUT2D eigenvalue weighted by Gasteiger charge is 2.34. The first-order valence-electron chi connectivity index (χ1n) is 7.22. The number of rotatable bonds is 6. The first-order valence-corrected chi connectivity index (χ1v) is 8.77. The maximum atomic E-state index is 11.9. The van der Waals surface area contributed by atoms with Crippen molar-refractivity contribution in [3.63, 3.8) is 0 Å². The summed E-state index contributed by atoms with van der Waals surface area (Å²) in [6.07, 6.45) is 1.12. The predicted molar refractivity (Wildman–Crippen MR) is 102 cm³/mol. The summed E-state index contributed by atoms with van der Waals surface area (Å²) < 4.78 is -1.74. The van der Waals surface area contributed by atoms with Gasteiger partial charge in [0.15, 0.2) is 5.11 Å². The lowest BCUT2D eigenvalue weighted by atomic mass is 10.2. The Labute approximate surface area is 157 Å². The first-order chi connectivity index (χ1) is 10.7. The molecule has 0 aliphatic heterocycles. The van der Waals surface area contributed by atoms with E-state index in [-0.39, 0.29) is 11.0 Å². The zero-order valence-electron chi connectivity index (χ0n) is 13.0. The van der Waals surface area contributed by atoms with E-state index in [0.717, 1.165) is 24.1 Å². The number of benzene rings is 1. The fourth-order valence-corrected chi connectivity index (χ4v) is 2.35. The van der Waals surface area contributed by atoms with E-state index in [9.17, 15) is 4.79 Å². The summed E-state index contributed by atoms with van der Waals surface area (Å²) in [4.78, 5) is 11.9. The van der Waals surface area contributed by atoms with Gasteiger partial charge >= 0.3 is 0 Å². The standard InChI is InChI=1S/C15H20Cl3N3OS/c1-3-4-8-12(22)20-13(15(16,17)18)21-14(23)19-11-7-5-6-10(2)9-11/h5-7,9,13H,3-4,8H2,1-2H3,(H,20,22)(H2,19,21,23). The third kappa shape index (κ3) is 8.06. The molecule has 1 aromatic carbocycles. The van der Waals surface area contributed by atoms with Crippen LogP contribution < -0.4 is 16.0 Å². The van der Waals surface area contributed by atoms with Crippen LogP contribution in [0.2, 0.25) is 0 Å². The lowest BCUT2D eigenvalue weighted by Crippen LogP contribution is -2.56. The van der Waals surface area contributed by atoms with Gasteiger partial charge in [-0.3, -0.25) is 4.79 Å². The molecule has 0 aliphatic carbocycles. The van der Waals surface area contributed by atoms with E-state index in [4.69, 9.17) is 47.0 Å². The highest BCUT2D eigenvalue weighted by molar-refractivity contribution is 7.80. The van der Waals surface area contributed by atoms with E-state index in [0.29, 0.717) is 6.42 Å². The van der Waals surface area contributed by atoms with Crippen molar-refractivity contribution in [1.29, 1.82) is 0 Å². The van der Waals surface area contributed by atoms with Gasteiger partial charge in [0.25, 0.3) is 0 Å². The van der Waals surface area contributed by atoms with Crippen LogP contribution in [-0.2, 0) is 4.79 Å². The molecule has 0 heterocycles. The second kappa shape index (κ2) is 9.52. The zero-order chi connectivity index (χ0) is 17.5. The molecule has 0 bridgehead atoms. The van der Waals surface area contributed by atoms with Gasteiger partial charge in [-0.05, 0) is 43.3 Å². The topological polar surface area (TPSA) is 53.2 Å². The van der Waals surface area contributed by atoms with Crippen LogP contribution in [0.4, 0.5) is 5.69 Å². The largest absolute Gasteiger partial charge is 0.339 e. The monoisotopic (exact) mass is 395 g/mol. The summed E-state index contributed by atoms with van der Waals surface area (Å²) in [6.45, 7) is 3.97. The van der Waals surface area contributed by atoms with Gasteiger partial charge in [-0.1, -0.05) is 60.3 Å². The number of alkyl halides is 3. The Morgan fingerprint density at radius 1 is 1.30 bits per heavy atom. The molecule has 0 aromatic heterocycles. The molecule has 8 heteroatoms. The van der Waals surface area contributed by atoms with Gasteiger partial charge in [0.2, 0.25) is 9.70 Å². The van der Waals surface area contributed by atoms with E-state index in [1.54, 1.807) is 0 Å². The molecular weight excluding hydrogens is 377 g/mol. The number of halogens is 3. The third-order valence-electron chi connectivity index (χ3n) is 2.94. The number of unbranched alkanes of at least 4 members (excludes halogenated alkanes) is 1. The van der Waals surface area contributed by atoms with Gasteiger partial charge < -0.3 is 16.0 Å². The van der Waals surface area contributed by atoms with Gasteiger partial charge in [0.05, 0.1) is 0 Å². The average molecular weight is 397 g/mol. The Kier molecular flexibility index (Phi) is 8.40. The van der Waals surface area contributed by atoms with Gasteiger partial charge in [0, 0.05) is 12.1 Å². The molecule has 128 valence electrons. The Bertz CT molecular complexity index is 549. The van der Waals surface area contributed by atoms with E-state index in [1.807, 2.05) is 38.1 Å². The Morgan fingerprint density at radius 3 is 2.57 bits per heavy atom. The summed E-state index contributed by atoms with van der Waals surface area (Å²) in [6, 6.07) is 7.67. The predicted octanol–water partition coefficient (Wildman–Crippen LogP) is 4.28. The fourth-order valence-electron chi connectivity index (χ4n) is 1.79. The van der Waals surface area contributed by atoms with Crippen LogP contribution in [0, 0.1) is 6.92 Å². The normalized spacial score (nSPS) is 12.4. The fraction of sp³-hybridized carbons (Fsp3) is 0.467. The van der Waals surface area contributed by atoms with Gasteiger partial charge in [-0.25, -0.2) is 0 Å². The maximum absolute atomic E-state index is 11.9. The molecule has 0 aliphatic rings. The van der Waals surface area contributed by atoms with Gasteiger partial charge in [-0.15, -0.1) is 0 Å².